The third-order valence-electron chi connectivity index (χ3n) is 5.92. The van der Waals surface area contributed by atoms with Crippen LogP contribution in [0, 0.1) is 17.8 Å². The Bertz CT molecular complexity index is 620. The van der Waals surface area contributed by atoms with Gasteiger partial charge in [-0.3, -0.25) is 4.79 Å². The van der Waals surface area contributed by atoms with Gasteiger partial charge >= 0.3 is 5.97 Å². The van der Waals surface area contributed by atoms with Crippen molar-refractivity contribution in [3.8, 4) is 0 Å². The number of hydrogen-bond acceptors (Lipinski definition) is 4. The summed E-state index contributed by atoms with van der Waals surface area (Å²) in [4.78, 5) is 26.2. The van der Waals surface area contributed by atoms with Crippen molar-refractivity contribution >= 4 is 21.9 Å². The standard InChI is InChI=1S/C16H26N2O5S/c1-2-24(22,23)17-8-4-6-12(9-17)15(19)18-10-11-5-3-7-13(11)14(18)16(20)21/h11-14H,2-10H2,1H3,(H,20,21). The van der Waals surface area contributed by atoms with E-state index < -0.39 is 28.0 Å². The first kappa shape index (κ1) is 17.7. The van der Waals surface area contributed by atoms with Gasteiger partial charge in [-0.15, -0.1) is 0 Å². The number of nitrogens with zero attached hydrogens (tertiary/aromatic N) is 2. The normalized spacial score (nSPS) is 34.3. The van der Waals surface area contributed by atoms with E-state index in [1.54, 1.807) is 6.92 Å². The Balaban J connectivity index is 1.75. The predicted molar refractivity (Wildman–Crippen MR) is 87.7 cm³/mol. The van der Waals surface area contributed by atoms with E-state index in [1.807, 2.05) is 0 Å². The molecule has 3 fully saturated rings. The lowest BCUT2D eigenvalue weighted by Gasteiger charge is -2.34. The van der Waals surface area contributed by atoms with E-state index in [9.17, 15) is 23.1 Å². The lowest BCUT2D eigenvalue weighted by Crippen LogP contribution is -2.50. The Kier molecular flexibility index (Phi) is 4.88. The Morgan fingerprint density at radius 1 is 1.12 bits per heavy atom. The summed E-state index contributed by atoms with van der Waals surface area (Å²) in [6, 6.07) is -0.733. The smallest absolute Gasteiger partial charge is 0.326 e. The van der Waals surface area contributed by atoms with Gasteiger partial charge in [0.25, 0.3) is 0 Å². The molecule has 136 valence electrons. The van der Waals surface area contributed by atoms with Crippen LogP contribution in [0.15, 0.2) is 0 Å². The third kappa shape index (κ3) is 3.06. The summed E-state index contributed by atoms with van der Waals surface area (Å²) in [5, 5.41) is 9.60. The minimum Gasteiger partial charge on any atom is -0.480 e. The second kappa shape index (κ2) is 6.63. The van der Waals surface area contributed by atoms with Crippen molar-refractivity contribution in [1.29, 1.82) is 0 Å². The van der Waals surface area contributed by atoms with Crippen LogP contribution < -0.4 is 0 Å². The van der Waals surface area contributed by atoms with Gasteiger partial charge in [-0.1, -0.05) is 6.42 Å². The molecule has 24 heavy (non-hydrogen) atoms. The highest BCUT2D eigenvalue weighted by Gasteiger charge is 2.50. The van der Waals surface area contributed by atoms with Crippen LogP contribution in [0.3, 0.4) is 0 Å². The van der Waals surface area contributed by atoms with Crippen molar-refractivity contribution in [2.24, 2.45) is 17.8 Å². The number of rotatable bonds is 4. The van der Waals surface area contributed by atoms with Crippen molar-refractivity contribution in [3.63, 3.8) is 0 Å². The van der Waals surface area contributed by atoms with Crippen LogP contribution in [0.5, 0.6) is 0 Å². The maximum atomic E-state index is 12.9. The highest BCUT2D eigenvalue weighted by atomic mass is 32.2. The van der Waals surface area contributed by atoms with Crippen LogP contribution in [-0.4, -0.2) is 66.0 Å². The highest BCUT2D eigenvalue weighted by molar-refractivity contribution is 7.89. The molecular formula is C16H26N2O5S. The van der Waals surface area contributed by atoms with Crippen molar-refractivity contribution in [1.82, 2.24) is 9.21 Å². The van der Waals surface area contributed by atoms with Crippen LogP contribution in [0.4, 0.5) is 0 Å². The topological polar surface area (TPSA) is 95.0 Å². The largest absolute Gasteiger partial charge is 0.480 e. The molecule has 0 radical (unpaired) electrons. The Morgan fingerprint density at radius 3 is 2.54 bits per heavy atom. The summed E-state index contributed by atoms with van der Waals surface area (Å²) in [5.41, 5.74) is 0. The predicted octanol–water partition coefficient (Wildman–Crippen LogP) is 0.760. The molecule has 1 amide bonds. The molecule has 0 spiro atoms. The van der Waals surface area contributed by atoms with Crippen molar-refractivity contribution in [2.45, 2.75) is 45.1 Å². The number of amides is 1. The van der Waals surface area contributed by atoms with E-state index in [0.717, 1.165) is 19.3 Å². The van der Waals surface area contributed by atoms with Crippen molar-refractivity contribution in [2.75, 3.05) is 25.4 Å². The Hall–Kier alpha value is -1.15. The van der Waals surface area contributed by atoms with Crippen LogP contribution in [0.25, 0.3) is 0 Å². The zero-order chi connectivity index (χ0) is 17.5. The Labute approximate surface area is 143 Å². The van der Waals surface area contributed by atoms with Gasteiger partial charge in [0.05, 0.1) is 11.7 Å². The van der Waals surface area contributed by atoms with Gasteiger partial charge in [-0.25, -0.2) is 17.5 Å². The van der Waals surface area contributed by atoms with E-state index in [1.165, 1.54) is 9.21 Å². The van der Waals surface area contributed by atoms with Gasteiger partial charge in [-0.2, -0.15) is 0 Å². The van der Waals surface area contributed by atoms with Gasteiger partial charge in [0.2, 0.25) is 15.9 Å². The molecule has 2 saturated heterocycles. The number of carboxylic acid groups (broad SMARTS) is 1. The summed E-state index contributed by atoms with van der Waals surface area (Å²) >= 11 is 0. The molecule has 4 atom stereocenters. The van der Waals surface area contributed by atoms with Crippen molar-refractivity contribution < 1.29 is 23.1 Å². The van der Waals surface area contributed by atoms with Crippen LogP contribution in [0.1, 0.15) is 39.0 Å². The zero-order valence-corrected chi connectivity index (χ0v) is 14.9. The molecule has 1 N–H and O–H groups in total. The van der Waals surface area contributed by atoms with Crippen LogP contribution >= 0.6 is 0 Å². The van der Waals surface area contributed by atoms with Gasteiger partial charge in [0.15, 0.2) is 0 Å². The molecule has 0 aromatic rings. The van der Waals surface area contributed by atoms with E-state index in [2.05, 4.69) is 0 Å². The average molecular weight is 358 g/mol. The molecular weight excluding hydrogens is 332 g/mol. The molecule has 3 rings (SSSR count). The van der Waals surface area contributed by atoms with E-state index >= 15 is 0 Å². The molecule has 4 unspecified atom stereocenters. The molecule has 8 heteroatoms. The van der Waals surface area contributed by atoms with Gasteiger partial charge in [0, 0.05) is 19.6 Å². The van der Waals surface area contributed by atoms with Gasteiger partial charge < -0.3 is 10.0 Å². The first-order valence-electron chi connectivity index (χ1n) is 8.86. The maximum absolute atomic E-state index is 12.9. The fourth-order valence-electron chi connectivity index (χ4n) is 4.66. The SMILES string of the molecule is CCS(=O)(=O)N1CCCC(C(=O)N2CC3CCCC3C2C(=O)O)C1. The molecule has 7 nitrogen and oxygen atoms in total. The fourth-order valence-corrected chi connectivity index (χ4v) is 5.84. The zero-order valence-electron chi connectivity index (χ0n) is 14.1. The van der Waals surface area contributed by atoms with E-state index in [4.69, 9.17) is 0 Å². The number of fused-ring (bicyclic) bond motifs is 1. The number of carboxylic acids is 1. The fraction of sp³-hybridized carbons (Fsp3) is 0.875. The number of carbonyl (C=O) groups is 2. The monoisotopic (exact) mass is 358 g/mol. The number of piperidine rings is 1. The molecule has 2 aliphatic heterocycles. The van der Waals surface area contributed by atoms with Crippen molar-refractivity contribution in [3.05, 3.63) is 0 Å². The summed E-state index contributed by atoms with van der Waals surface area (Å²) in [6.07, 6.45) is 4.17. The Morgan fingerprint density at radius 2 is 1.88 bits per heavy atom. The summed E-state index contributed by atoms with van der Waals surface area (Å²) in [5.74, 6) is -1.14. The van der Waals surface area contributed by atoms with Gasteiger partial charge in [-0.05, 0) is 44.4 Å². The molecule has 2 heterocycles. The van der Waals surface area contributed by atoms with E-state index in [0.29, 0.717) is 25.9 Å². The first-order valence-corrected chi connectivity index (χ1v) is 10.5. The first-order chi connectivity index (χ1) is 11.3. The van der Waals surface area contributed by atoms with Crippen LogP contribution in [0.2, 0.25) is 0 Å². The quantitative estimate of drug-likeness (QED) is 0.800. The third-order valence-corrected chi connectivity index (χ3v) is 7.77. The molecule has 3 aliphatic rings. The summed E-state index contributed by atoms with van der Waals surface area (Å²) in [7, 11) is -3.31. The summed E-state index contributed by atoms with van der Waals surface area (Å²) in [6.45, 7) is 2.75. The number of likely N-dealkylation sites (tertiary alicyclic amines) is 1. The highest BCUT2D eigenvalue weighted by Crippen LogP contribution is 2.43. The lowest BCUT2D eigenvalue weighted by molar-refractivity contribution is -0.151. The lowest BCUT2D eigenvalue weighted by atomic mass is 9.93. The number of sulfonamides is 1. The molecule has 1 aliphatic carbocycles. The summed E-state index contributed by atoms with van der Waals surface area (Å²) < 4.78 is 25.6. The second-order valence-corrected chi connectivity index (χ2v) is 9.48. The molecule has 0 aromatic carbocycles. The van der Waals surface area contributed by atoms with Gasteiger partial charge in [0.1, 0.15) is 6.04 Å². The minimum absolute atomic E-state index is 0.0273. The van der Waals surface area contributed by atoms with Crippen LogP contribution in [-0.2, 0) is 19.6 Å². The molecule has 0 bridgehead atoms. The number of aliphatic carboxylic acids is 1. The van der Waals surface area contributed by atoms with E-state index in [-0.39, 0.29) is 30.0 Å². The second-order valence-electron chi connectivity index (χ2n) is 7.23. The maximum Gasteiger partial charge on any atom is 0.326 e. The molecule has 1 saturated carbocycles. The number of hydrogen-bond donors (Lipinski definition) is 1. The minimum atomic E-state index is -3.31. The average Bonchev–Trinajstić information content (AvgIpc) is 3.14. The number of carbonyl (C=O) groups excluding carboxylic acids is 1. The molecule has 0 aromatic heterocycles.